The van der Waals surface area contributed by atoms with Crippen molar-refractivity contribution in [2.45, 2.75) is 46.2 Å². The number of phenolic OH excluding ortho intramolecular Hbond substituents is 1. The second-order valence-corrected chi connectivity index (χ2v) is 7.53. The number of aromatic nitrogens is 1. The van der Waals surface area contributed by atoms with Gasteiger partial charge >= 0.3 is 0 Å². The first-order valence-electron chi connectivity index (χ1n) is 10.8. The number of aliphatic imine (C=N–C) groups is 1. The molecule has 1 saturated heterocycles. The van der Waals surface area contributed by atoms with Crippen LogP contribution in [-0.4, -0.2) is 48.3 Å². The Bertz CT molecular complexity index is 830. The van der Waals surface area contributed by atoms with Gasteiger partial charge < -0.3 is 25.4 Å². The second kappa shape index (κ2) is 10.7. The number of nitrogens with one attached hydrogen (secondary N) is 2. The van der Waals surface area contributed by atoms with Gasteiger partial charge in [0.15, 0.2) is 17.5 Å². The number of aromatic hydroxyl groups is 1. The number of hydrogen-bond acceptors (Lipinski definition) is 5. The van der Waals surface area contributed by atoms with E-state index in [0.717, 1.165) is 49.8 Å². The molecule has 3 N–H and O–H groups in total. The molecular weight excluding hydrogens is 378 g/mol. The Morgan fingerprint density at radius 1 is 1.23 bits per heavy atom. The summed E-state index contributed by atoms with van der Waals surface area (Å²) in [5, 5.41) is 16.8. The van der Waals surface area contributed by atoms with Crippen molar-refractivity contribution in [3.05, 3.63) is 47.7 Å². The van der Waals surface area contributed by atoms with Crippen molar-refractivity contribution < 1.29 is 9.84 Å². The molecule has 0 amide bonds. The van der Waals surface area contributed by atoms with Crippen LogP contribution >= 0.6 is 0 Å². The molecule has 1 aromatic heterocycles. The molecule has 0 spiro atoms. The van der Waals surface area contributed by atoms with E-state index in [4.69, 9.17) is 9.73 Å². The van der Waals surface area contributed by atoms with Crippen molar-refractivity contribution in [3.8, 4) is 11.5 Å². The number of benzene rings is 1. The average Bonchev–Trinajstić information content (AvgIpc) is 2.75. The molecule has 1 aromatic carbocycles. The first-order valence-corrected chi connectivity index (χ1v) is 10.8. The quantitative estimate of drug-likeness (QED) is 0.479. The Labute approximate surface area is 179 Å². The third-order valence-corrected chi connectivity index (χ3v) is 5.14. The molecule has 7 nitrogen and oxygen atoms in total. The summed E-state index contributed by atoms with van der Waals surface area (Å²) < 4.78 is 5.47. The molecule has 2 heterocycles. The molecular formula is C23H33N5O2. The number of aryl methyl sites for hydroxylation is 1. The van der Waals surface area contributed by atoms with Gasteiger partial charge in [-0.05, 0) is 62.9 Å². The van der Waals surface area contributed by atoms with Crippen LogP contribution in [0.2, 0.25) is 0 Å². The Morgan fingerprint density at radius 3 is 2.70 bits per heavy atom. The van der Waals surface area contributed by atoms with E-state index in [1.807, 2.05) is 25.3 Å². The third-order valence-electron chi connectivity index (χ3n) is 5.14. The van der Waals surface area contributed by atoms with Crippen LogP contribution in [0.4, 0.5) is 5.82 Å². The zero-order chi connectivity index (χ0) is 21.3. The number of ether oxygens (including phenoxy) is 1. The highest BCUT2D eigenvalue weighted by Gasteiger charge is 2.20. The zero-order valence-corrected chi connectivity index (χ0v) is 18.2. The van der Waals surface area contributed by atoms with Crippen molar-refractivity contribution in [1.29, 1.82) is 0 Å². The first kappa shape index (κ1) is 21.7. The molecule has 30 heavy (non-hydrogen) atoms. The second-order valence-electron chi connectivity index (χ2n) is 7.53. The Hall–Kier alpha value is -2.96. The molecule has 1 aliphatic heterocycles. The fourth-order valence-electron chi connectivity index (χ4n) is 3.51. The summed E-state index contributed by atoms with van der Waals surface area (Å²) in [6.07, 6.45) is 4.00. The number of nitrogens with zero attached hydrogens (tertiary/aromatic N) is 3. The van der Waals surface area contributed by atoms with E-state index in [-0.39, 0.29) is 5.75 Å². The van der Waals surface area contributed by atoms with E-state index in [1.54, 1.807) is 6.07 Å². The number of hydrogen-bond donors (Lipinski definition) is 3. The Balaban J connectivity index is 1.56. The summed E-state index contributed by atoms with van der Waals surface area (Å²) in [5.41, 5.74) is 2.18. The van der Waals surface area contributed by atoms with Crippen molar-refractivity contribution in [2.24, 2.45) is 4.99 Å². The van der Waals surface area contributed by atoms with Crippen LogP contribution in [0.5, 0.6) is 11.5 Å². The summed E-state index contributed by atoms with van der Waals surface area (Å²) in [6, 6.07) is 9.97. The SMILES string of the molecule is CCNC(=NCc1ccc(O)c(OCC)c1)NC1CCN(c2ccc(C)cn2)CC1. The molecule has 0 saturated carbocycles. The van der Waals surface area contributed by atoms with Gasteiger partial charge in [0.2, 0.25) is 0 Å². The number of guanidine groups is 1. The number of phenols is 1. The van der Waals surface area contributed by atoms with Gasteiger partial charge in [-0.2, -0.15) is 0 Å². The average molecular weight is 412 g/mol. The summed E-state index contributed by atoms with van der Waals surface area (Å²) in [7, 11) is 0. The van der Waals surface area contributed by atoms with Crippen LogP contribution < -0.4 is 20.3 Å². The monoisotopic (exact) mass is 411 g/mol. The van der Waals surface area contributed by atoms with Crippen LogP contribution in [-0.2, 0) is 6.54 Å². The molecule has 1 aliphatic rings. The minimum absolute atomic E-state index is 0.157. The Morgan fingerprint density at radius 2 is 2.03 bits per heavy atom. The number of pyridine rings is 1. The lowest BCUT2D eigenvalue weighted by Crippen LogP contribution is -2.48. The topological polar surface area (TPSA) is 82.0 Å². The molecule has 0 aliphatic carbocycles. The highest BCUT2D eigenvalue weighted by Crippen LogP contribution is 2.27. The fraction of sp³-hybridized carbons (Fsp3) is 0.478. The molecule has 0 atom stereocenters. The smallest absolute Gasteiger partial charge is 0.191 e. The minimum Gasteiger partial charge on any atom is -0.504 e. The van der Waals surface area contributed by atoms with E-state index in [1.165, 1.54) is 5.56 Å². The number of piperidine rings is 1. The molecule has 0 unspecified atom stereocenters. The standard InChI is InChI=1S/C23H33N5O2/c1-4-24-23(26-16-18-7-8-20(29)21(14-18)30-5-2)27-19-10-12-28(13-11-19)22-9-6-17(3)15-25-22/h6-9,14-15,19,29H,4-5,10-13,16H2,1-3H3,(H2,24,26,27). The predicted molar refractivity (Wildman–Crippen MR) is 121 cm³/mol. The zero-order valence-electron chi connectivity index (χ0n) is 18.2. The highest BCUT2D eigenvalue weighted by molar-refractivity contribution is 5.80. The van der Waals surface area contributed by atoms with Gasteiger partial charge in [-0.3, -0.25) is 0 Å². The maximum Gasteiger partial charge on any atom is 0.191 e. The largest absolute Gasteiger partial charge is 0.504 e. The highest BCUT2D eigenvalue weighted by atomic mass is 16.5. The van der Waals surface area contributed by atoms with E-state index in [2.05, 4.69) is 46.5 Å². The third kappa shape index (κ3) is 6.02. The van der Waals surface area contributed by atoms with Crippen LogP contribution in [0.15, 0.2) is 41.5 Å². The molecule has 3 rings (SSSR count). The van der Waals surface area contributed by atoms with Crippen LogP contribution in [0.1, 0.15) is 37.8 Å². The summed E-state index contributed by atoms with van der Waals surface area (Å²) in [4.78, 5) is 11.6. The lowest BCUT2D eigenvalue weighted by atomic mass is 10.1. The van der Waals surface area contributed by atoms with Crippen LogP contribution in [0.3, 0.4) is 0 Å². The maximum atomic E-state index is 9.87. The molecule has 2 aromatic rings. The van der Waals surface area contributed by atoms with Gasteiger partial charge in [0.25, 0.3) is 0 Å². The van der Waals surface area contributed by atoms with E-state index in [0.29, 0.717) is 24.9 Å². The van der Waals surface area contributed by atoms with Crippen molar-refractivity contribution >= 4 is 11.8 Å². The van der Waals surface area contributed by atoms with Gasteiger partial charge in [-0.25, -0.2) is 9.98 Å². The van der Waals surface area contributed by atoms with Gasteiger partial charge in [0.1, 0.15) is 5.82 Å². The van der Waals surface area contributed by atoms with Crippen molar-refractivity contribution in [3.63, 3.8) is 0 Å². The lowest BCUT2D eigenvalue weighted by molar-refractivity contribution is 0.318. The minimum atomic E-state index is 0.157. The lowest BCUT2D eigenvalue weighted by Gasteiger charge is -2.33. The normalized spacial score (nSPS) is 15.2. The molecule has 7 heteroatoms. The van der Waals surface area contributed by atoms with Crippen molar-refractivity contribution in [1.82, 2.24) is 15.6 Å². The maximum absolute atomic E-state index is 9.87. The van der Waals surface area contributed by atoms with E-state index in [9.17, 15) is 5.11 Å². The molecule has 0 radical (unpaired) electrons. The van der Waals surface area contributed by atoms with Gasteiger partial charge in [0.05, 0.1) is 13.2 Å². The first-order chi connectivity index (χ1) is 14.6. The molecule has 0 bridgehead atoms. The number of rotatable bonds is 7. The molecule has 1 fully saturated rings. The van der Waals surface area contributed by atoms with Crippen LogP contribution in [0, 0.1) is 6.92 Å². The van der Waals surface area contributed by atoms with Crippen molar-refractivity contribution in [2.75, 3.05) is 31.1 Å². The summed E-state index contributed by atoms with van der Waals surface area (Å²) in [6.45, 7) is 9.81. The summed E-state index contributed by atoms with van der Waals surface area (Å²) in [5.74, 6) is 2.53. The van der Waals surface area contributed by atoms with Gasteiger partial charge in [0, 0.05) is 31.9 Å². The summed E-state index contributed by atoms with van der Waals surface area (Å²) >= 11 is 0. The van der Waals surface area contributed by atoms with Gasteiger partial charge in [-0.1, -0.05) is 12.1 Å². The number of anilines is 1. The van der Waals surface area contributed by atoms with E-state index < -0.39 is 0 Å². The predicted octanol–water partition coefficient (Wildman–Crippen LogP) is 3.22. The van der Waals surface area contributed by atoms with Gasteiger partial charge in [-0.15, -0.1) is 0 Å². The van der Waals surface area contributed by atoms with E-state index >= 15 is 0 Å². The fourth-order valence-corrected chi connectivity index (χ4v) is 3.51. The Kier molecular flexibility index (Phi) is 7.76. The molecule has 162 valence electrons. The van der Waals surface area contributed by atoms with Crippen LogP contribution in [0.25, 0.3) is 0 Å².